The fourth-order valence-corrected chi connectivity index (χ4v) is 1.02. The zero-order valence-electron chi connectivity index (χ0n) is 7.95. The number of aliphatic hydroxyl groups excluding tert-OH is 1. The summed E-state index contributed by atoms with van der Waals surface area (Å²) in [7, 11) is 0. The number of pyridine rings is 1. The van der Waals surface area contributed by atoms with Crippen molar-refractivity contribution in [2.75, 3.05) is 0 Å². The van der Waals surface area contributed by atoms with Gasteiger partial charge in [0, 0.05) is 0 Å². The molecule has 0 saturated carbocycles. The SMILES string of the molecule is O=c1cc([N+](=O)[O-])[nH]c(CO)c1OC(F)(F)F. The van der Waals surface area contributed by atoms with E-state index in [1.165, 1.54) is 0 Å². The van der Waals surface area contributed by atoms with Crippen LogP contribution in [0.3, 0.4) is 0 Å². The van der Waals surface area contributed by atoms with Crippen molar-refractivity contribution in [3.63, 3.8) is 0 Å². The number of ether oxygens (including phenoxy) is 1. The minimum atomic E-state index is -5.13. The molecule has 0 aliphatic heterocycles. The summed E-state index contributed by atoms with van der Waals surface area (Å²) in [6.45, 7) is -1.04. The lowest BCUT2D eigenvalue weighted by molar-refractivity contribution is -0.389. The van der Waals surface area contributed by atoms with E-state index >= 15 is 0 Å². The first-order valence-corrected chi connectivity index (χ1v) is 4.02. The number of rotatable bonds is 3. The van der Waals surface area contributed by atoms with Crippen LogP contribution in [0, 0.1) is 10.1 Å². The number of hydrogen-bond acceptors (Lipinski definition) is 5. The molecule has 94 valence electrons. The maximum atomic E-state index is 11.9. The minimum absolute atomic E-state index is 0.334. The molecule has 10 heteroatoms. The molecule has 0 aliphatic rings. The lowest BCUT2D eigenvalue weighted by atomic mass is 10.3. The van der Waals surface area contributed by atoms with Crippen molar-refractivity contribution in [1.29, 1.82) is 0 Å². The Balaban J connectivity index is 3.32. The maximum Gasteiger partial charge on any atom is 0.573 e. The largest absolute Gasteiger partial charge is 0.573 e. The summed E-state index contributed by atoms with van der Waals surface area (Å²) >= 11 is 0. The molecule has 0 saturated heterocycles. The van der Waals surface area contributed by atoms with Crippen LogP contribution >= 0.6 is 0 Å². The van der Waals surface area contributed by atoms with Crippen LogP contribution in [0.1, 0.15) is 5.69 Å². The van der Waals surface area contributed by atoms with E-state index in [9.17, 15) is 28.1 Å². The van der Waals surface area contributed by atoms with Crippen LogP contribution in [0.25, 0.3) is 0 Å². The third-order valence-electron chi connectivity index (χ3n) is 1.62. The van der Waals surface area contributed by atoms with Gasteiger partial charge in [0.2, 0.25) is 11.2 Å². The number of halogens is 3. The average Bonchev–Trinajstić information content (AvgIpc) is 2.18. The Morgan fingerprint density at radius 3 is 2.53 bits per heavy atom. The van der Waals surface area contributed by atoms with Gasteiger partial charge >= 0.3 is 12.2 Å². The van der Waals surface area contributed by atoms with Crippen molar-refractivity contribution in [1.82, 2.24) is 4.98 Å². The van der Waals surface area contributed by atoms with Crippen LogP contribution in [-0.2, 0) is 6.61 Å². The van der Waals surface area contributed by atoms with Crippen molar-refractivity contribution in [2.24, 2.45) is 0 Å². The van der Waals surface area contributed by atoms with Crippen LogP contribution in [0.15, 0.2) is 10.9 Å². The molecule has 0 aromatic carbocycles. The van der Waals surface area contributed by atoms with E-state index < -0.39 is 40.6 Å². The number of H-pyrrole nitrogens is 1. The summed E-state index contributed by atoms with van der Waals surface area (Å²) in [4.78, 5) is 22.3. The molecule has 0 amide bonds. The van der Waals surface area contributed by atoms with Crippen LogP contribution < -0.4 is 10.2 Å². The molecule has 0 radical (unpaired) electrons. The minimum Gasteiger partial charge on any atom is -0.397 e. The van der Waals surface area contributed by atoms with Crippen molar-refractivity contribution >= 4 is 5.82 Å². The van der Waals surface area contributed by atoms with Gasteiger partial charge in [-0.05, 0) is 4.92 Å². The second kappa shape index (κ2) is 4.41. The quantitative estimate of drug-likeness (QED) is 0.609. The molecule has 1 heterocycles. The lowest BCUT2D eigenvalue weighted by Crippen LogP contribution is -2.23. The summed E-state index contributed by atoms with van der Waals surface area (Å²) in [5.41, 5.74) is -2.07. The van der Waals surface area contributed by atoms with Crippen LogP contribution in [0.2, 0.25) is 0 Å². The first kappa shape index (κ1) is 13.0. The molecule has 0 fully saturated rings. The van der Waals surface area contributed by atoms with Gasteiger partial charge in [0.05, 0.1) is 6.07 Å². The highest BCUT2D eigenvalue weighted by Crippen LogP contribution is 2.23. The standard InChI is InChI=1S/C7H5F3N2O5/c8-7(9,10)17-6-3(2-13)11-5(12(15)16)1-4(6)14/h1,13H,2H2,(H,11,14). The Morgan fingerprint density at radius 2 is 2.12 bits per heavy atom. The number of aliphatic hydroxyl groups is 1. The Kier molecular flexibility index (Phi) is 3.36. The van der Waals surface area contributed by atoms with Gasteiger partial charge in [-0.1, -0.05) is 0 Å². The molecule has 1 aromatic heterocycles. The summed E-state index contributed by atoms with van der Waals surface area (Å²) in [5.74, 6) is -2.06. The van der Waals surface area contributed by atoms with Crippen molar-refractivity contribution in [3.8, 4) is 5.75 Å². The van der Waals surface area contributed by atoms with Crippen LogP contribution in [0.4, 0.5) is 19.0 Å². The van der Waals surface area contributed by atoms with Crippen molar-refractivity contribution in [2.45, 2.75) is 13.0 Å². The molecule has 2 N–H and O–H groups in total. The topological polar surface area (TPSA) is 105 Å². The molecule has 1 rings (SSSR count). The van der Waals surface area contributed by atoms with E-state index in [0.29, 0.717) is 6.07 Å². The molecule has 0 unspecified atom stereocenters. The number of nitro groups is 1. The summed E-state index contributed by atoms with van der Waals surface area (Å²) < 4.78 is 39.1. The first-order valence-electron chi connectivity index (χ1n) is 4.02. The van der Waals surface area contributed by atoms with Gasteiger partial charge in [-0.15, -0.1) is 13.2 Å². The highest BCUT2D eigenvalue weighted by atomic mass is 19.4. The van der Waals surface area contributed by atoms with E-state index in [4.69, 9.17) is 5.11 Å². The molecule has 0 bridgehead atoms. The summed E-state index contributed by atoms with van der Waals surface area (Å²) in [6, 6.07) is 0.334. The zero-order chi connectivity index (χ0) is 13.2. The van der Waals surface area contributed by atoms with Gasteiger partial charge in [0.25, 0.3) is 0 Å². The molecule has 0 aliphatic carbocycles. The smallest absolute Gasteiger partial charge is 0.397 e. The van der Waals surface area contributed by atoms with Crippen molar-refractivity contribution < 1.29 is 27.9 Å². The van der Waals surface area contributed by atoms with E-state index in [0.717, 1.165) is 0 Å². The second-order valence-electron chi connectivity index (χ2n) is 2.79. The van der Waals surface area contributed by atoms with Gasteiger partial charge in [-0.3, -0.25) is 4.79 Å². The number of hydrogen-bond donors (Lipinski definition) is 2. The number of alkyl halides is 3. The Hall–Kier alpha value is -2.10. The maximum absolute atomic E-state index is 11.9. The van der Waals surface area contributed by atoms with E-state index in [-0.39, 0.29) is 0 Å². The fourth-order valence-electron chi connectivity index (χ4n) is 1.02. The molecule has 1 aromatic rings. The summed E-state index contributed by atoms with van der Waals surface area (Å²) in [6.07, 6.45) is -5.13. The normalized spacial score (nSPS) is 11.3. The zero-order valence-corrected chi connectivity index (χ0v) is 7.95. The highest BCUT2D eigenvalue weighted by Gasteiger charge is 2.34. The molecule has 0 atom stereocenters. The predicted molar refractivity (Wildman–Crippen MR) is 46.3 cm³/mol. The van der Waals surface area contributed by atoms with Gasteiger partial charge < -0.3 is 20.0 Å². The van der Waals surface area contributed by atoms with Gasteiger partial charge in [0.15, 0.2) is 5.69 Å². The predicted octanol–water partition coefficient (Wildman–Crippen LogP) is 0.674. The number of aromatic nitrogens is 1. The average molecular weight is 254 g/mol. The number of nitrogens with one attached hydrogen (secondary N) is 1. The Bertz CT molecular complexity index is 495. The van der Waals surface area contributed by atoms with E-state index in [1.54, 1.807) is 0 Å². The monoisotopic (exact) mass is 254 g/mol. The second-order valence-corrected chi connectivity index (χ2v) is 2.79. The van der Waals surface area contributed by atoms with Gasteiger partial charge in [-0.2, -0.15) is 0 Å². The van der Waals surface area contributed by atoms with Gasteiger partial charge in [-0.25, -0.2) is 4.98 Å². The van der Waals surface area contributed by atoms with Gasteiger partial charge in [0.1, 0.15) is 6.61 Å². The van der Waals surface area contributed by atoms with E-state index in [2.05, 4.69) is 4.74 Å². The molecule has 7 nitrogen and oxygen atoms in total. The lowest BCUT2D eigenvalue weighted by Gasteiger charge is -2.09. The molecule has 0 spiro atoms. The fraction of sp³-hybridized carbons (Fsp3) is 0.286. The highest BCUT2D eigenvalue weighted by molar-refractivity contribution is 5.34. The van der Waals surface area contributed by atoms with Crippen LogP contribution in [0.5, 0.6) is 5.75 Å². The Morgan fingerprint density at radius 1 is 1.53 bits per heavy atom. The molecular formula is C7H5F3N2O5. The first-order chi connectivity index (χ1) is 7.74. The van der Waals surface area contributed by atoms with Crippen LogP contribution in [-0.4, -0.2) is 21.4 Å². The Labute approximate surface area is 90.6 Å². The molecular weight excluding hydrogens is 249 g/mol. The van der Waals surface area contributed by atoms with E-state index in [1.807, 2.05) is 4.98 Å². The third-order valence-corrected chi connectivity index (χ3v) is 1.62. The van der Waals surface area contributed by atoms with Crippen molar-refractivity contribution in [3.05, 3.63) is 32.1 Å². The summed E-state index contributed by atoms with van der Waals surface area (Å²) in [5, 5.41) is 19.0. The molecule has 17 heavy (non-hydrogen) atoms. The number of nitrogens with zero attached hydrogens (tertiary/aromatic N) is 1. The third kappa shape index (κ3) is 3.17. The number of aromatic amines is 1.